The molecule has 0 radical (unpaired) electrons. The number of carbonyl (C=O) groups excluding carboxylic acids is 3. The van der Waals surface area contributed by atoms with E-state index in [1.807, 2.05) is 26.0 Å². The zero-order chi connectivity index (χ0) is 18.4. The molecule has 0 saturated heterocycles. The summed E-state index contributed by atoms with van der Waals surface area (Å²) >= 11 is 0. The largest absolute Gasteiger partial charge is 0.326 e. The highest BCUT2D eigenvalue weighted by atomic mass is 16.2. The van der Waals surface area contributed by atoms with Gasteiger partial charge < -0.3 is 16.0 Å². The van der Waals surface area contributed by atoms with Gasteiger partial charge in [0.15, 0.2) is 0 Å². The van der Waals surface area contributed by atoms with Gasteiger partial charge in [0.2, 0.25) is 17.7 Å². The van der Waals surface area contributed by atoms with Crippen molar-refractivity contribution in [1.29, 1.82) is 0 Å². The average molecular weight is 339 g/mol. The number of hydrogen-bond donors (Lipinski definition) is 3. The lowest BCUT2D eigenvalue weighted by atomic mass is 10.1. The lowest BCUT2D eigenvalue weighted by Gasteiger charge is -2.11. The summed E-state index contributed by atoms with van der Waals surface area (Å²) in [6.45, 7) is 5.30. The topological polar surface area (TPSA) is 87.3 Å². The van der Waals surface area contributed by atoms with Gasteiger partial charge in [0.05, 0.1) is 0 Å². The molecule has 6 nitrogen and oxygen atoms in total. The number of aryl methyl sites for hydroxylation is 1. The molecule has 0 aliphatic heterocycles. The molecule has 0 aliphatic carbocycles. The standard InChI is InChI=1S/C19H21N3O3/c1-12-5-4-6-17(13(12)2)22-19(25)11-18(24)21-16-9-7-15(8-10-16)20-14(3)23/h4-10H,11H2,1-3H3,(H,20,23)(H,21,24)(H,22,25). The zero-order valence-electron chi connectivity index (χ0n) is 14.5. The van der Waals surface area contributed by atoms with Crippen molar-refractivity contribution >= 4 is 34.8 Å². The summed E-state index contributed by atoms with van der Waals surface area (Å²) < 4.78 is 0. The number of anilines is 3. The molecule has 2 aromatic carbocycles. The van der Waals surface area contributed by atoms with Crippen LogP contribution in [0.1, 0.15) is 24.5 Å². The summed E-state index contributed by atoms with van der Waals surface area (Å²) in [6.07, 6.45) is -0.277. The van der Waals surface area contributed by atoms with E-state index in [-0.39, 0.29) is 18.2 Å². The van der Waals surface area contributed by atoms with Crippen LogP contribution in [0.5, 0.6) is 0 Å². The van der Waals surface area contributed by atoms with Gasteiger partial charge in [0.25, 0.3) is 0 Å². The quantitative estimate of drug-likeness (QED) is 0.731. The van der Waals surface area contributed by atoms with Crippen LogP contribution in [-0.2, 0) is 14.4 Å². The van der Waals surface area contributed by atoms with Gasteiger partial charge in [0, 0.05) is 24.0 Å². The predicted molar refractivity (Wildman–Crippen MR) is 98.5 cm³/mol. The highest BCUT2D eigenvalue weighted by molar-refractivity contribution is 6.08. The first-order valence-electron chi connectivity index (χ1n) is 7.88. The summed E-state index contributed by atoms with van der Waals surface area (Å²) in [4.78, 5) is 35.0. The minimum atomic E-state index is -0.407. The first kappa shape index (κ1) is 18.2. The summed E-state index contributed by atoms with van der Waals surface area (Å²) in [5.74, 6) is -0.948. The molecule has 6 heteroatoms. The molecule has 0 bridgehead atoms. The predicted octanol–water partition coefficient (Wildman–Crippen LogP) is 3.23. The third kappa shape index (κ3) is 5.46. The molecule has 25 heavy (non-hydrogen) atoms. The maximum Gasteiger partial charge on any atom is 0.233 e. The van der Waals surface area contributed by atoms with Crippen molar-refractivity contribution in [3.8, 4) is 0 Å². The van der Waals surface area contributed by atoms with Crippen molar-refractivity contribution in [3.05, 3.63) is 53.6 Å². The second-order valence-electron chi connectivity index (χ2n) is 5.78. The fourth-order valence-corrected chi connectivity index (χ4v) is 2.27. The van der Waals surface area contributed by atoms with Gasteiger partial charge in [-0.2, -0.15) is 0 Å². The number of hydrogen-bond acceptors (Lipinski definition) is 3. The highest BCUT2D eigenvalue weighted by Gasteiger charge is 2.11. The Morgan fingerprint density at radius 1 is 0.800 bits per heavy atom. The third-order valence-electron chi connectivity index (χ3n) is 3.69. The van der Waals surface area contributed by atoms with Crippen LogP contribution >= 0.6 is 0 Å². The van der Waals surface area contributed by atoms with E-state index in [9.17, 15) is 14.4 Å². The van der Waals surface area contributed by atoms with Gasteiger partial charge in [0.1, 0.15) is 6.42 Å². The fourth-order valence-electron chi connectivity index (χ4n) is 2.27. The number of benzene rings is 2. The van der Waals surface area contributed by atoms with Crippen LogP contribution in [-0.4, -0.2) is 17.7 Å². The molecule has 3 N–H and O–H groups in total. The SMILES string of the molecule is CC(=O)Nc1ccc(NC(=O)CC(=O)Nc2cccc(C)c2C)cc1. The Kier molecular flexibility index (Phi) is 5.89. The number of rotatable bonds is 5. The summed E-state index contributed by atoms with van der Waals surface area (Å²) in [5.41, 5.74) is 3.94. The van der Waals surface area contributed by atoms with Crippen LogP contribution in [0.2, 0.25) is 0 Å². The maximum absolute atomic E-state index is 12.0. The van der Waals surface area contributed by atoms with Crippen LogP contribution in [0.3, 0.4) is 0 Å². The average Bonchev–Trinajstić information content (AvgIpc) is 2.53. The minimum Gasteiger partial charge on any atom is -0.326 e. The summed E-state index contributed by atoms with van der Waals surface area (Å²) in [7, 11) is 0. The van der Waals surface area contributed by atoms with Crippen molar-refractivity contribution in [2.24, 2.45) is 0 Å². The Hall–Kier alpha value is -3.15. The lowest BCUT2D eigenvalue weighted by Crippen LogP contribution is -2.21. The second kappa shape index (κ2) is 8.10. The first-order chi connectivity index (χ1) is 11.8. The van der Waals surface area contributed by atoms with Crippen LogP contribution in [0.25, 0.3) is 0 Å². The van der Waals surface area contributed by atoms with E-state index in [1.54, 1.807) is 30.3 Å². The lowest BCUT2D eigenvalue weighted by molar-refractivity contribution is -0.123. The Bertz CT molecular complexity index is 798. The molecule has 2 rings (SSSR count). The fraction of sp³-hybridized carbons (Fsp3) is 0.211. The molecule has 0 atom stereocenters. The van der Waals surface area contributed by atoms with Crippen molar-refractivity contribution < 1.29 is 14.4 Å². The highest BCUT2D eigenvalue weighted by Crippen LogP contribution is 2.18. The van der Waals surface area contributed by atoms with Crippen molar-refractivity contribution in [2.45, 2.75) is 27.2 Å². The normalized spacial score (nSPS) is 10.0. The van der Waals surface area contributed by atoms with Gasteiger partial charge in [-0.15, -0.1) is 0 Å². The number of nitrogens with one attached hydrogen (secondary N) is 3. The molecule has 0 aromatic heterocycles. The van der Waals surface area contributed by atoms with Gasteiger partial charge >= 0.3 is 0 Å². The number of amides is 3. The van der Waals surface area contributed by atoms with Gasteiger partial charge in [-0.25, -0.2) is 0 Å². The van der Waals surface area contributed by atoms with Crippen molar-refractivity contribution in [1.82, 2.24) is 0 Å². The molecule has 0 unspecified atom stereocenters. The van der Waals surface area contributed by atoms with Gasteiger partial charge in [-0.3, -0.25) is 14.4 Å². The molecule has 0 aliphatic rings. The first-order valence-corrected chi connectivity index (χ1v) is 7.88. The second-order valence-corrected chi connectivity index (χ2v) is 5.78. The van der Waals surface area contributed by atoms with Crippen LogP contribution in [0.4, 0.5) is 17.1 Å². The molecular weight excluding hydrogens is 318 g/mol. The van der Waals surface area contributed by atoms with E-state index in [2.05, 4.69) is 16.0 Å². The Labute approximate surface area is 146 Å². The number of carbonyl (C=O) groups is 3. The van der Waals surface area contributed by atoms with Gasteiger partial charge in [-0.05, 0) is 55.3 Å². The third-order valence-corrected chi connectivity index (χ3v) is 3.69. The smallest absolute Gasteiger partial charge is 0.233 e. The van der Waals surface area contributed by atoms with E-state index in [0.29, 0.717) is 17.1 Å². The van der Waals surface area contributed by atoms with E-state index in [1.165, 1.54) is 6.92 Å². The molecule has 0 spiro atoms. The van der Waals surface area contributed by atoms with Crippen LogP contribution in [0.15, 0.2) is 42.5 Å². The Morgan fingerprint density at radius 2 is 1.36 bits per heavy atom. The zero-order valence-corrected chi connectivity index (χ0v) is 14.5. The van der Waals surface area contributed by atoms with E-state index in [0.717, 1.165) is 11.1 Å². The van der Waals surface area contributed by atoms with Crippen LogP contribution < -0.4 is 16.0 Å². The summed E-state index contributed by atoms with van der Waals surface area (Å²) in [5, 5.41) is 8.04. The van der Waals surface area contributed by atoms with E-state index in [4.69, 9.17) is 0 Å². The molecular formula is C19H21N3O3. The molecule has 3 amide bonds. The monoisotopic (exact) mass is 339 g/mol. The van der Waals surface area contributed by atoms with Crippen molar-refractivity contribution in [2.75, 3.05) is 16.0 Å². The molecule has 0 fully saturated rings. The summed E-state index contributed by atoms with van der Waals surface area (Å²) in [6, 6.07) is 12.3. The Balaban J connectivity index is 1.90. The van der Waals surface area contributed by atoms with Gasteiger partial charge in [-0.1, -0.05) is 12.1 Å². The minimum absolute atomic E-state index is 0.167. The Morgan fingerprint density at radius 3 is 1.96 bits per heavy atom. The van der Waals surface area contributed by atoms with Crippen molar-refractivity contribution in [3.63, 3.8) is 0 Å². The van der Waals surface area contributed by atoms with Crippen LogP contribution in [0, 0.1) is 13.8 Å². The molecule has 2 aromatic rings. The maximum atomic E-state index is 12.0. The molecule has 130 valence electrons. The van der Waals surface area contributed by atoms with E-state index >= 15 is 0 Å². The molecule has 0 heterocycles. The molecule has 0 saturated carbocycles. The van der Waals surface area contributed by atoms with E-state index < -0.39 is 5.91 Å².